The van der Waals surface area contributed by atoms with Gasteiger partial charge >= 0.3 is 6.03 Å². The fourth-order valence-corrected chi connectivity index (χ4v) is 1.94. The van der Waals surface area contributed by atoms with Crippen LogP contribution in [0.2, 0.25) is 5.02 Å². The number of halogens is 1. The molecule has 2 amide bonds. The molecule has 104 valence electrons. The minimum Gasteiger partial charge on any atom is -0.349 e. The zero-order valence-electron chi connectivity index (χ0n) is 11.6. The maximum atomic E-state index is 12.1. The van der Waals surface area contributed by atoms with Crippen molar-refractivity contribution < 1.29 is 4.79 Å². The lowest BCUT2D eigenvalue weighted by atomic mass is 10.1. The third-order valence-electron chi connectivity index (χ3n) is 2.76. The van der Waals surface area contributed by atoms with Crippen LogP contribution in [0.15, 0.2) is 18.2 Å². The Balaban J connectivity index is 2.97. The lowest BCUT2D eigenvalue weighted by Gasteiger charge is -2.23. The van der Waals surface area contributed by atoms with Crippen LogP contribution in [0.1, 0.15) is 12.5 Å². The van der Waals surface area contributed by atoms with Crippen LogP contribution in [0, 0.1) is 5.41 Å². The second-order valence-electron chi connectivity index (χ2n) is 4.33. The first-order valence-corrected chi connectivity index (χ1v) is 6.34. The Hall–Kier alpha value is -1.75. The molecule has 0 aliphatic heterocycles. The summed E-state index contributed by atoms with van der Waals surface area (Å²) in [5.41, 5.74) is 1.66. The summed E-state index contributed by atoms with van der Waals surface area (Å²) >= 11 is 6.16. The number of hydrogen-bond acceptors (Lipinski definition) is 2. The number of urea groups is 1. The SMILES string of the molecule is CCc1cccc(Cl)c1N(C)C(=O)NC(=N)N(C)C. The Morgan fingerprint density at radius 2 is 2.00 bits per heavy atom. The Labute approximate surface area is 118 Å². The molecule has 19 heavy (non-hydrogen) atoms. The van der Waals surface area contributed by atoms with Gasteiger partial charge in [-0.1, -0.05) is 30.7 Å². The predicted octanol–water partition coefficient (Wildman–Crippen LogP) is 2.54. The number of nitrogens with zero attached hydrogens (tertiary/aromatic N) is 2. The van der Waals surface area contributed by atoms with Crippen molar-refractivity contribution >= 4 is 29.3 Å². The highest BCUT2D eigenvalue weighted by Crippen LogP contribution is 2.29. The molecule has 0 fully saturated rings. The second-order valence-corrected chi connectivity index (χ2v) is 4.74. The number of benzene rings is 1. The van der Waals surface area contributed by atoms with Crippen LogP contribution in [0.5, 0.6) is 0 Å². The van der Waals surface area contributed by atoms with E-state index in [2.05, 4.69) is 5.32 Å². The average Bonchev–Trinajstić information content (AvgIpc) is 2.37. The van der Waals surface area contributed by atoms with Gasteiger partial charge in [0.25, 0.3) is 0 Å². The molecule has 5 nitrogen and oxygen atoms in total. The summed E-state index contributed by atoms with van der Waals surface area (Å²) in [4.78, 5) is 15.0. The van der Waals surface area contributed by atoms with Gasteiger partial charge in [0.1, 0.15) is 0 Å². The summed E-state index contributed by atoms with van der Waals surface area (Å²) in [6.07, 6.45) is 0.776. The zero-order valence-corrected chi connectivity index (χ0v) is 12.4. The molecule has 0 aromatic heterocycles. The molecule has 0 bridgehead atoms. The molecule has 1 aromatic carbocycles. The van der Waals surface area contributed by atoms with Gasteiger partial charge in [-0.3, -0.25) is 15.6 Å². The maximum Gasteiger partial charge on any atom is 0.328 e. The van der Waals surface area contributed by atoms with Gasteiger partial charge in [0.15, 0.2) is 5.96 Å². The molecule has 6 heteroatoms. The number of carbonyl (C=O) groups excluding carboxylic acids is 1. The quantitative estimate of drug-likeness (QED) is 0.647. The molecular formula is C13H19ClN4O. The largest absolute Gasteiger partial charge is 0.349 e. The average molecular weight is 283 g/mol. The van der Waals surface area contributed by atoms with Gasteiger partial charge in [0.2, 0.25) is 0 Å². The first-order valence-electron chi connectivity index (χ1n) is 5.96. The van der Waals surface area contributed by atoms with Gasteiger partial charge < -0.3 is 4.90 Å². The van der Waals surface area contributed by atoms with E-state index >= 15 is 0 Å². The Morgan fingerprint density at radius 3 is 2.53 bits per heavy atom. The van der Waals surface area contributed by atoms with E-state index < -0.39 is 0 Å². The van der Waals surface area contributed by atoms with Crippen LogP contribution in [-0.4, -0.2) is 38.0 Å². The number of nitrogens with one attached hydrogen (secondary N) is 2. The van der Waals surface area contributed by atoms with Crippen LogP contribution >= 0.6 is 11.6 Å². The van der Waals surface area contributed by atoms with Crippen LogP contribution in [0.25, 0.3) is 0 Å². The molecule has 0 aliphatic rings. The molecule has 0 heterocycles. The topological polar surface area (TPSA) is 59.4 Å². The Kier molecular flexibility index (Phi) is 5.18. The predicted molar refractivity (Wildman–Crippen MR) is 79.2 cm³/mol. The minimum absolute atomic E-state index is 0.0296. The molecule has 0 saturated heterocycles. The van der Waals surface area contributed by atoms with E-state index in [1.54, 1.807) is 27.2 Å². The molecule has 0 saturated carbocycles. The third-order valence-corrected chi connectivity index (χ3v) is 3.07. The maximum absolute atomic E-state index is 12.1. The number of rotatable bonds is 2. The van der Waals surface area contributed by atoms with Crippen molar-refractivity contribution in [3.05, 3.63) is 28.8 Å². The van der Waals surface area contributed by atoms with Gasteiger partial charge in [0, 0.05) is 21.1 Å². The summed E-state index contributed by atoms with van der Waals surface area (Å²) in [5.74, 6) is 0.0296. The first kappa shape index (κ1) is 15.3. The van der Waals surface area contributed by atoms with Gasteiger partial charge in [0.05, 0.1) is 10.7 Å². The van der Waals surface area contributed by atoms with Crippen molar-refractivity contribution in [2.75, 3.05) is 26.0 Å². The zero-order chi connectivity index (χ0) is 14.6. The molecule has 0 radical (unpaired) electrons. The molecule has 2 N–H and O–H groups in total. The van der Waals surface area contributed by atoms with Crippen molar-refractivity contribution in [2.45, 2.75) is 13.3 Å². The number of anilines is 1. The van der Waals surface area contributed by atoms with Gasteiger partial charge in [-0.15, -0.1) is 0 Å². The van der Waals surface area contributed by atoms with E-state index in [4.69, 9.17) is 17.0 Å². The number of carbonyl (C=O) groups is 1. The summed E-state index contributed by atoms with van der Waals surface area (Å²) in [5, 5.41) is 10.6. The van der Waals surface area contributed by atoms with E-state index in [1.807, 2.05) is 19.1 Å². The van der Waals surface area contributed by atoms with Crippen molar-refractivity contribution in [2.24, 2.45) is 0 Å². The number of aryl methyl sites for hydroxylation is 1. The Morgan fingerprint density at radius 1 is 1.37 bits per heavy atom. The third kappa shape index (κ3) is 3.61. The molecule has 0 atom stereocenters. The van der Waals surface area contributed by atoms with Crippen LogP contribution in [0.3, 0.4) is 0 Å². The summed E-state index contributed by atoms with van der Waals surface area (Å²) < 4.78 is 0. The van der Waals surface area contributed by atoms with Crippen molar-refractivity contribution in [1.82, 2.24) is 10.2 Å². The number of guanidine groups is 1. The van der Waals surface area contributed by atoms with Crippen molar-refractivity contribution in [3.8, 4) is 0 Å². The van der Waals surface area contributed by atoms with E-state index in [0.717, 1.165) is 12.0 Å². The molecular weight excluding hydrogens is 264 g/mol. The van der Waals surface area contributed by atoms with E-state index in [0.29, 0.717) is 10.7 Å². The van der Waals surface area contributed by atoms with Crippen LogP contribution in [-0.2, 0) is 6.42 Å². The molecule has 0 unspecified atom stereocenters. The summed E-state index contributed by atoms with van der Waals surface area (Å²) in [6.45, 7) is 2.00. The van der Waals surface area contributed by atoms with Gasteiger partial charge in [-0.05, 0) is 18.1 Å². The molecule has 1 rings (SSSR count). The fraction of sp³-hybridized carbons (Fsp3) is 0.385. The standard InChI is InChI=1S/C13H19ClN4O/c1-5-9-7-6-8-10(14)11(9)18(4)13(19)16-12(15)17(2)3/h6-8H,5H2,1-4H3,(H2,15,16,19). The summed E-state index contributed by atoms with van der Waals surface area (Å²) in [7, 11) is 5.02. The van der Waals surface area contributed by atoms with E-state index in [-0.39, 0.29) is 12.0 Å². The van der Waals surface area contributed by atoms with Gasteiger partial charge in [-0.25, -0.2) is 4.79 Å². The highest BCUT2D eigenvalue weighted by molar-refractivity contribution is 6.34. The van der Waals surface area contributed by atoms with E-state index in [1.165, 1.54) is 9.80 Å². The van der Waals surface area contributed by atoms with E-state index in [9.17, 15) is 4.79 Å². The monoisotopic (exact) mass is 282 g/mol. The normalized spacial score (nSPS) is 9.95. The highest BCUT2D eigenvalue weighted by atomic mass is 35.5. The van der Waals surface area contributed by atoms with Crippen LogP contribution in [0.4, 0.5) is 10.5 Å². The first-order chi connectivity index (χ1) is 8.88. The number of amides is 2. The smallest absolute Gasteiger partial charge is 0.328 e. The second kappa shape index (κ2) is 6.43. The lowest BCUT2D eigenvalue weighted by molar-refractivity contribution is 0.250. The number of hydrogen-bond donors (Lipinski definition) is 2. The summed E-state index contributed by atoms with van der Waals surface area (Å²) in [6, 6.07) is 5.15. The Bertz CT molecular complexity index is 488. The van der Waals surface area contributed by atoms with Crippen molar-refractivity contribution in [3.63, 3.8) is 0 Å². The fourth-order valence-electron chi connectivity index (χ4n) is 1.62. The molecule has 1 aromatic rings. The molecule has 0 aliphatic carbocycles. The number of para-hydroxylation sites is 1. The lowest BCUT2D eigenvalue weighted by Crippen LogP contribution is -2.45. The minimum atomic E-state index is -0.387. The van der Waals surface area contributed by atoms with Crippen LogP contribution < -0.4 is 10.2 Å². The molecule has 0 spiro atoms. The highest BCUT2D eigenvalue weighted by Gasteiger charge is 2.18. The van der Waals surface area contributed by atoms with Crippen molar-refractivity contribution in [1.29, 1.82) is 5.41 Å². The van der Waals surface area contributed by atoms with Gasteiger partial charge in [-0.2, -0.15) is 0 Å².